The van der Waals surface area contributed by atoms with Gasteiger partial charge in [-0.05, 0) is 49.7 Å². The molecule has 0 aliphatic rings. The highest BCUT2D eigenvalue weighted by Crippen LogP contribution is 2.22. The van der Waals surface area contributed by atoms with Gasteiger partial charge < -0.3 is 15.2 Å². The number of hydrogen-bond acceptors (Lipinski definition) is 3. The number of carboxylic acid groups (broad SMARTS) is 1. The fourth-order valence-electron chi connectivity index (χ4n) is 3.05. The quantitative estimate of drug-likeness (QED) is 0.556. The van der Waals surface area contributed by atoms with Crippen LogP contribution >= 0.6 is 0 Å². The van der Waals surface area contributed by atoms with E-state index in [0.717, 1.165) is 17.2 Å². The van der Waals surface area contributed by atoms with Crippen molar-refractivity contribution in [2.24, 2.45) is 0 Å². The van der Waals surface area contributed by atoms with E-state index in [0.29, 0.717) is 11.1 Å². The topological polar surface area (TPSA) is 75.6 Å². The lowest BCUT2D eigenvalue weighted by Crippen LogP contribution is -2.28. The van der Waals surface area contributed by atoms with Gasteiger partial charge in [0.25, 0.3) is 5.91 Å². The van der Waals surface area contributed by atoms with Gasteiger partial charge in [0.15, 0.2) is 11.6 Å². The van der Waals surface area contributed by atoms with E-state index in [2.05, 4.69) is 5.32 Å². The van der Waals surface area contributed by atoms with Gasteiger partial charge in [0.2, 0.25) is 5.82 Å². The highest BCUT2D eigenvalue weighted by Gasteiger charge is 2.17. The lowest BCUT2D eigenvalue weighted by atomic mass is 10.0. The van der Waals surface area contributed by atoms with Crippen LogP contribution in [0.5, 0.6) is 5.75 Å². The second kappa shape index (κ2) is 9.38. The highest BCUT2D eigenvalue weighted by atomic mass is 19.2. The fraction of sp³-hybridized carbons (Fsp3) is 0.167. The number of hydrogen-bond donors (Lipinski definition) is 2. The fourth-order valence-corrected chi connectivity index (χ4v) is 3.05. The summed E-state index contributed by atoms with van der Waals surface area (Å²) in [5.41, 5.74) is 2.62. The van der Waals surface area contributed by atoms with Gasteiger partial charge in [0.1, 0.15) is 6.61 Å². The predicted octanol–water partition coefficient (Wildman–Crippen LogP) is 5.04. The summed E-state index contributed by atoms with van der Waals surface area (Å²) >= 11 is 0. The molecule has 31 heavy (non-hydrogen) atoms. The molecule has 3 aromatic rings. The first-order valence-corrected chi connectivity index (χ1v) is 9.56. The Bertz CT molecular complexity index is 1110. The maximum atomic E-state index is 13.8. The molecule has 2 N–H and O–H groups in total. The molecule has 0 aromatic heterocycles. The van der Waals surface area contributed by atoms with Crippen molar-refractivity contribution in [3.63, 3.8) is 0 Å². The van der Waals surface area contributed by atoms with Crippen LogP contribution < -0.4 is 10.1 Å². The van der Waals surface area contributed by atoms with Crippen LogP contribution in [0.2, 0.25) is 0 Å². The van der Waals surface area contributed by atoms with E-state index >= 15 is 0 Å². The van der Waals surface area contributed by atoms with E-state index < -0.39 is 17.6 Å². The average Bonchev–Trinajstić information content (AvgIpc) is 2.75. The number of carbonyl (C=O) groups is 2. The molecule has 0 aliphatic heterocycles. The normalized spacial score (nSPS) is 11.6. The van der Waals surface area contributed by atoms with E-state index in [-0.39, 0.29) is 29.9 Å². The van der Waals surface area contributed by atoms with Crippen molar-refractivity contribution in [3.8, 4) is 5.75 Å². The number of carbonyl (C=O) groups excluding carboxylic acids is 1. The van der Waals surface area contributed by atoms with Gasteiger partial charge in [-0.2, -0.15) is 4.39 Å². The molecule has 1 amide bonds. The first-order chi connectivity index (χ1) is 14.8. The van der Waals surface area contributed by atoms with Crippen LogP contribution in [-0.4, -0.2) is 17.0 Å². The van der Waals surface area contributed by atoms with Crippen LogP contribution in [0.25, 0.3) is 0 Å². The molecule has 0 heterocycles. The highest BCUT2D eigenvalue weighted by molar-refractivity contribution is 5.96. The summed E-state index contributed by atoms with van der Waals surface area (Å²) in [6, 6.07) is 14.7. The predicted molar refractivity (Wildman–Crippen MR) is 111 cm³/mol. The standard InChI is InChI=1S/C24H21F2NO4/c1-14-6-7-18(13-31-21-5-3-4-20(25)22(21)26)19(12-14)23(28)27-15(2)16-8-10-17(11-9-16)24(29)30/h3-12,15H,13H2,1-2H3,(H,27,28)(H,29,30). The molecule has 0 fully saturated rings. The zero-order chi connectivity index (χ0) is 22.5. The van der Waals surface area contributed by atoms with Crippen LogP contribution in [-0.2, 0) is 6.61 Å². The van der Waals surface area contributed by atoms with Crippen LogP contribution in [0, 0.1) is 18.6 Å². The van der Waals surface area contributed by atoms with Gasteiger partial charge in [-0.25, -0.2) is 9.18 Å². The van der Waals surface area contributed by atoms with Crippen molar-refractivity contribution in [1.82, 2.24) is 5.32 Å². The summed E-state index contributed by atoms with van der Waals surface area (Å²) in [6.07, 6.45) is 0. The van der Waals surface area contributed by atoms with Gasteiger partial charge in [0.05, 0.1) is 11.6 Å². The summed E-state index contributed by atoms with van der Waals surface area (Å²) in [6.45, 7) is 3.49. The van der Waals surface area contributed by atoms with Gasteiger partial charge in [-0.3, -0.25) is 4.79 Å². The Morgan fingerprint density at radius 3 is 2.45 bits per heavy atom. The summed E-state index contributed by atoms with van der Waals surface area (Å²) < 4.78 is 32.6. The van der Waals surface area contributed by atoms with Gasteiger partial charge in [0, 0.05) is 11.1 Å². The van der Waals surface area contributed by atoms with Crippen LogP contribution in [0.4, 0.5) is 8.78 Å². The second-order valence-corrected chi connectivity index (χ2v) is 7.12. The zero-order valence-electron chi connectivity index (χ0n) is 17.0. The van der Waals surface area contributed by atoms with Gasteiger partial charge >= 0.3 is 5.97 Å². The Balaban J connectivity index is 1.76. The molecule has 3 aromatic carbocycles. The van der Waals surface area contributed by atoms with Gasteiger partial charge in [-0.1, -0.05) is 35.9 Å². The van der Waals surface area contributed by atoms with E-state index in [1.54, 1.807) is 37.3 Å². The summed E-state index contributed by atoms with van der Waals surface area (Å²) in [4.78, 5) is 23.9. The average molecular weight is 425 g/mol. The minimum atomic E-state index is -1.08. The maximum Gasteiger partial charge on any atom is 0.335 e. The van der Waals surface area contributed by atoms with E-state index in [1.165, 1.54) is 24.3 Å². The first kappa shape index (κ1) is 22.0. The van der Waals surface area contributed by atoms with Crippen LogP contribution in [0.1, 0.15) is 50.4 Å². The molecule has 5 nitrogen and oxygen atoms in total. The molecule has 7 heteroatoms. The van der Waals surface area contributed by atoms with Crippen molar-refractivity contribution in [1.29, 1.82) is 0 Å². The Hall–Kier alpha value is -3.74. The van der Waals surface area contributed by atoms with E-state index in [4.69, 9.17) is 9.84 Å². The van der Waals surface area contributed by atoms with Crippen molar-refractivity contribution >= 4 is 11.9 Å². The number of benzene rings is 3. The summed E-state index contributed by atoms with van der Waals surface area (Å²) in [5, 5.41) is 11.9. The third-order valence-corrected chi connectivity index (χ3v) is 4.81. The third-order valence-electron chi connectivity index (χ3n) is 4.81. The molecular formula is C24H21F2NO4. The second-order valence-electron chi connectivity index (χ2n) is 7.12. The van der Waals surface area contributed by atoms with Crippen molar-refractivity contribution in [3.05, 3.63) is 100 Å². The Morgan fingerprint density at radius 2 is 1.77 bits per heavy atom. The minimum Gasteiger partial charge on any atom is -0.486 e. The molecule has 0 saturated carbocycles. The zero-order valence-corrected chi connectivity index (χ0v) is 17.0. The summed E-state index contributed by atoms with van der Waals surface area (Å²) in [7, 11) is 0. The number of ether oxygens (including phenoxy) is 1. The molecular weight excluding hydrogens is 404 g/mol. The lowest BCUT2D eigenvalue weighted by Gasteiger charge is -2.17. The molecule has 1 unspecified atom stereocenters. The summed E-state index contributed by atoms with van der Waals surface area (Å²) in [5.74, 6) is -3.72. The van der Waals surface area contributed by atoms with Crippen LogP contribution in [0.15, 0.2) is 60.7 Å². The number of aromatic carboxylic acids is 1. The van der Waals surface area contributed by atoms with Gasteiger partial charge in [-0.15, -0.1) is 0 Å². The molecule has 1 atom stereocenters. The van der Waals surface area contributed by atoms with E-state index in [1.807, 2.05) is 6.92 Å². The Kier molecular flexibility index (Phi) is 6.65. The maximum absolute atomic E-state index is 13.8. The van der Waals surface area contributed by atoms with Crippen molar-refractivity contribution in [2.45, 2.75) is 26.5 Å². The lowest BCUT2D eigenvalue weighted by molar-refractivity contribution is 0.0696. The SMILES string of the molecule is Cc1ccc(COc2cccc(F)c2F)c(C(=O)NC(C)c2ccc(C(=O)O)cc2)c1. The minimum absolute atomic E-state index is 0.120. The number of aryl methyl sites for hydroxylation is 1. The molecule has 0 radical (unpaired) electrons. The number of rotatable bonds is 7. The molecule has 0 bridgehead atoms. The molecule has 0 saturated heterocycles. The van der Waals surface area contributed by atoms with Crippen molar-refractivity contribution < 1.29 is 28.2 Å². The van der Waals surface area contributed by atoms with E-state index in [9.17, 15) is 18.4 Å². The third kappa shape index (κ3) is 5.25. The molecule has 0 spiro atoms. The molecule has 160 valence electrons. The number of nitrogens with one attached hydrogen (secondary N) is 1. The molecule has 3 rings (SSSR count). The van der Waals surface area contributed by atoms with Crippen LogP contribution in [0.3, 0.4) is 0 Å². The smallest absolute Gasteiger partial charge is 0.335 e. The number of amides is 1. The Morgan fingerprint density at radius 1 is 1.06 bits per heavy atom. The monoisotopic (exact) mass is 425 g/mol. The van der Waals surface area contributed by atoms with Crippen molar-refractivity contribution in [2.75, 3.05) is 0 Å². The number of halogens is 2. The molecule has 0 aliphatic carbocycles. The largest absolute Gasteiger partial charge is 0.486 e. The first-order valence-electron chi connectivity index (χ1n) is 9.56. The number of carboxylic acids is 1. The Labute approximate surface area is 178 Å².